The monoisotopic (exact) mass is 395 g/mol. The molecular formula is C21H23N4O4+. The van der Waals surface area contributed by atoms with Crippen LogP contribution in [0.3, 0.4) is 0 Å². The number of hydrogen-bond donors (Lipinski definition) is 2. The highest BCUT2D eigenvalue weighted by Crippen LogP contribution is 2.18. The van der Waals surface area contributed by atoms with Crippen LogP contribution < -0.4 is 10.9 Å². The Bertz CT molecular complexity index is 1070. The van der Waals surface area contributed by atoms with Gasteiger partial charge in [0.05, 0.1) is 16.3 Å². The van der Waals surface area contributed by atoms with E-state index in [1.54, 1.807) is 0 Å². The lowest BCUT2D eigenvalue weighted by molar-refractivity contribution is -0.658. The van der Waals surface area contributed by atoms with Gasteiger partial charge >= 0.3 is 0 Å². The van der Waals surface area contributed by atoms with Crippen molar-refractivity contribution < 1.29 is 15.0 Å². The third-order valence-corrected chi connectivity index (χ3v) is 4.65. The zero-order chi connectivity index (χ0) is 21.0. The van der Waals surface area contributed by atoms with Crippen LogP contribution in [-0.2, 0) is 6.54 Å². The lowest BCUT2D eigenvalue weighted by atomic mass is 10.0. The number of carbonyl (C=O) groups is 1. The maximum atomic E-state index is 13.0. The van der Waals surface area contributed by atoms with Crippen molar-refractivity contribution in [3.8, 4) is 5.69 Å². The maximum absolute atomic E-state index is 13.0. The van der Waals surface area contributed by atoms with Crippen molar-refractivity contribution in [1.29, 1.82) is 0 Å². The van der Waals surface area contributed by atoms with E-state index < -0.39 is 10.5 Å². The van der Waals surface area contributed by atoms with E-state index in [2.05, 4.69) is 5.10 Å². The number of nitrogens with one attached hydrogen (secondary N) is 1. The average molecular weight is 395 g/mol. The summed E-state index contributed by atoms with van der Waals surface area (Å²) in [5.74, 6) is -0.304. The average Bonchev–Trinajstić information content (AvgIpc) is 3.06. The summed E-state index contributed by atoms with van der Waals surface area (Å²) in [5, 5.41) is 15.7. The smallest absolute Gasteiger partial charge is 0.282 e. The van der Waals surface area contributed by atoms with Crippen LogP contribution in [0.1, 0.15) is 41.4 Å². The molecule has 3 aromatic rings. The summed E-state index contributed by atoms with van der Waals surface area (Å²) < 4.78 is 1.27. The van der Waals surface area contributed by atoms with E-state index in [0.717, 1.165) is 5.56 Å². The number of rotatable bonds is 8. The van der Waals surface area contributed by atoms with Crippen LogP contribution in [0, 0.1) is 10.1 Å². The molecule has 0 amide bonds. The van der Waals surface area contributed by atoms with Crippen LogP contribution in [0.2, 0.25) is 0 Å². The molecule has 3 rings (SSSR count). The van der Waals surface area contributed by atoms with E-state index in [-0.39, 0.29) is 29.5 Å². The standard InChI is InChI=1S/C21H22N4O4/c1-14(2)20-19(18(26)13-22-12-15-6-4-3-5-7-15)21(27)24(23-20)16-8-10-17(11-9-16)25(28)29/h3-11,14,22-23H,12-13H2,1-2H3/p+1. The number of nitro benzene ring substituents is 1. The number of nitrogens with two attached hydrogens (primary N) is 1. The van der Waals surface area contributed by atoms with E-state index in [9.17, 15) is 19.7 Å². The summed E-state index contributed by atoms with van der Waals surface area (Å²) >= 11 is 0. The molecule has 0 atom stereocenters. The minimum atomic E-state index is -0.502. The Morgan fingerprint density at radius 3 is 2.38 bits per heavy atom. The summed E-state index contributed by atoms with van der Waals surface area (Å²) in [6, 6.07) is 15.4. The zero-order valence-electron chi connectivity index (χ0n) is 16.3. The summed E-state index contributed by atoms with van der Waals surface area (Å²) in [4.78, 5) is 36.1. The molecule has 8 heteroatoms. The molecule has 0 bridgehead atoms. The number of benzene rings is 2. The van der Waals surface area contributed by atoms with Gasteiger partial charge < -0.3 is 5.32 Å². The molecule has 0 fully saturated rings. The molecule has 0 aliphatic carbocycles. The first kappa shape index (κ1) is 20.2. The molecule has 1 aromatic heterocycles. The Labute approximate surface area is 167 Å². The molecule has 0 radical (unpaired) electrons. The zero-order valence-corrected chi connectivity index (χ0v) is 16.3. The third-order valence-electron chi connectivity index (χ3n) is 4.65. The normalized spacial score (nSPS) is 11.0. The largest absolute Gasteiger partial charge is 0.336 e. The van der Waals surface area contributed by atoms with Crippen molar-refractivity contribution in [3.63, 3.8) is 0 Å². The number of non-ortho nitro benzene ring substituents is 1. The number of Topliss-reactive ketones (excluding diaryl/α,β-unsaturated/α-hetero) is 1. The molecule has 29 heavy (non-hydrogen) atoms. The second kappa shape index (κ2) is 8.66. The molecular weight excluding hydrogens is 372 g/mol. The van der Waals surface area contributed by atoms with Gasteiger partial charge in [-0.25, -0.2) is 4.68 Å². The Morgan fingerprint density at radius 1 is 1.14 bits per heavy atom. The van der Waals surface area contributed by atoms with Crippen molar-refractivity contribution in [3.05, 3.63) is 91.9 Å². The number of hydrogen-bond acceptors (Lipinski definition) is 4. The quantitative estimate of drug-likeness (QED) is 0.345. The van der Waals surface area contributed by atoms with Gasteiger partial charge in [0.25, 0.3) is 11.2 Å². The molecule has 150 valence electrons. The predicted octanol–water partition coefficient (Wildman–Crippen LogP) is 2.14. The first-order valence-corrected chi connectivity index (χ1v) is 9.37. The first-order chi connectivity index (χ1) is 13.9. The van der Waals surface area contributed by atoms with Crippen molar-refractivity contribution in [2.75, 3.05) is 6.54 Å². The highest BCUT2D eigenvalue weighted by Gasteiger charge is 2.24. The van der Waals surface area contributed by atoms with Crippen molar-refractivity contribution in [2.45, 2.75) is 26.3 Å². The molecule has 8 nitrogen and oxygen atoms in total. The van der Waals surface area contributed by atoms with Crippen LogP contribution in [0.15, 0.2) is 59.4 Å². The lowest BCUT2D eigenvalue weighted by Gasteiger charge is -2.05. The number of nitro groups is 1. The maximum Gasteiger partial charge on any atom is 0.282 e. The number of quaternary nitrogens is 1. The topological polar surface area (TPSA) is 115 Å². The lowest BCUT2D eigenvalue weighted by Crippen LogP contribution is -2.84. The van der Waals surface area contributed by atoms with Gasteiger partial charge in [0.1, 0.15) is 18.7 Å². The van der Waals surface area contributed by atoms with E-state index in [4.69, 9.17) is 0 Å². The Morgan fingerprint density at radius 2 is 1.79 bits per heavy atom. The number of nitrogens with zero attached hydrogens (tertiary/aromatic N) is 2. The Hall–Kier alpha value is -3.52. The van der Waals surface area contributed by atoms with Gasteiger partial charge in [-0.15, -0.1) is 0 Å². The Kier molecular flexibility index (Phi) is 6.04. The molecule has 0 saturated carbocycles. The number of aromatic amines is 1. The van der Waals surface area contributed by atoms with Gasteiger partial charge in [0.15, 0.2) is 0 Å². The number of carbonyl (C=O) groups excluding carboxylic acids is 1. The third kappa shape index (κ3) is 4.49. The predicted molar refractivity (Wildman–Crippen MR) is 108 cm³/mol. The summed E-state index contributed by atoms with van der Waals surface area (Å²) in [6.07, 6.45) is 0. The molecule has 0 spiro atoms. The summed E-state index contributed by atoms with van der Waals surface area (Å²) in [5.41, 5.74) is 1.73. The molecule has 0 saturated heterocycles. The first-order valence-electron chi connectivity index (χ1n) is 9.37. The fourth-order valence-electron chi connectivity index (χ4n) is 3.13. The van der Waals surface area contributed by atoms with Gasteiger partial charge in [-0.1, -0.05) is 44.2 Å². The Balaban J connectivity index is 1.85. The number of H-pyrrole nitrogens is 1. The fraction of sp³-hybridized carbons (Fsp3) is 0.238. The van der Waals surface area contributed by atoms with E-state index in [1.807, 2.05) is 49.5 Å². The molecule has 3 N–H and O–H groups in total. The molecule has 0 unspecified atom stereocenters. The van der Waals surface area contributed by atoms with Gasteiger partial charge in [-0.3, -0.25) is 24.8 Å². The SMILES string of the molecule is CC(C)c1[nH]n(-c2ccc([N+](=O)[O-])cc2)c(=O)c1C(=O)C[NH2+]Cc1ccccc1. The van der Waals surface area contributed by atoms with Crippen LogP contribution in [0.5, 0.6) is 0 Å². The van der Waals surface area contributed by atoms with Crippen LogP contribution in [-0.4, -0.2) is 27.0 Å². The minimum absolute atomic E-state index is 0.0601. The van der Waals surface area contributed by atoms with Crippen LogP contribution >= 0.6 is 0 Å². The van der Waals surface area contributed by atoms with E-state index in [1.165, 1.54) is 28.9 Å². The van der Waals surface area contributed by atoms with Crippen molar-refractivity contribution in [1.82, 2.24) is 9.78 Å². The highest BCUT2D eigenvalue weighted by atomic mass is 16.6. The summed E-state index contributed by atoms with van der Waals surface area (Å²) in [6.45, 7) is 4.60. The number of ketones is 1. The van der Waals surface area contributed by atoms with Gasteiger partial charge in [-0.2, -0.15) is 0 Å². The fourth-order valence-corrected chi connectivity index (χ4v) is 3.13. The molecule has 0 aliphatic heterocycles. The van der Waals surface area contributed by atoms with Crippen LogP contribution in [0.4, 0.5) is 5.69 Å². The summed E-state index contributed by atoms with van der Waals surface area (Å²) in [7, 11) is 0. The minimum Gasteiger partial charge on any atom is -0.336 e. The molecule has 2 aromatic carbocycles. The van der Waals surface area contributed by atoms with Crippen molar-refractivity contribution in [2.24, 2.45) is 0 Å². The molecule has 1 heterocycles. The second-order valence-electron chi connectivity index (χ2n) is 7.07. The second-order valence-corrected chi connectivity index (χ2v) is 7.07. The van der Waals surface area contributed by atoms with Gasteiger partial charge in [0.2, 0.25) is 5.78 Å². The van der Waals surface area contributed by atoms with E-state index in [0.29, 0.717) is 17.9 Å². The van der Waals surface area contributed by atoms with Crippen molar-refractivity contribution >= 4 is 11.5 Å². The van der Waals surface area contributed by atoms with E-state index >= 15 is 0 Å². The van der Waals surface area contributed by atoms with Gasteiger partial charge in [0, 0.05) is 17.7 Å². The highest BCUT2D eigenvalue weighted by molar-refractivity contribution is 5.97. The molecule has 0 aliphatic rings. The van der Waals surface area contributed by atoms with Crippen LogP contribution in [0.25, 0.3) is 5.69 Å². The van der Waals surface area contributed by atoms with Gasteiger partial charge in [-0.05, 0) is 18.1 Å². The number of aromatic nitrogens is 2.